The van der Waals surface area contributed by atoms with E-state index in [2.05, 4.69) is 4.98 Å². The fourth-order valence-electron chi connectivity index (χ4n) is 2.12. The number of nitrogens with zero attached hydrogens (tertiary/aromatic N) is 2. The SMILES string of the molecule is O=C(O)Cn1c(C(F)(F)F)nc2c1CCCC2. The summed E-state index contributed by atoms with van der Waals surface area (Å²) in [5, 5.41) is 8.66. The van der Waals surface area contributed by atoms with Gasteiger partial charge in [-0.1, -0.05) is 0 Å². The predicted molar refractivity (Wildman–Crippen MR) is 51.5 cm³/mol. The molecule has 1 aliphatic carbocycles. The van der Waals surface area contributed by atoms with Gasteiger partial charge in [0.2, 0.25) is 5.82 Å². The average Bonchev–Trinajstić information content (AvgIpc) is 2.56. The van der Waals surface area contributed by atoms with Crippen molar-refractivity contribution < 1.29 is 23.1 Å². The van der Waals surface area contributed by atoms with Crippen LogP contribution in [0.15, 0.2) is 0 Å². The van der Waals surface area contributed by atoms with Crippen molar-refractivity contribution in [2.75, 3.05) is 0 Å². The highest BCUT2D eigenvalue weighted by Crippen LogP contribution is 2.32. The Balaban J connectivity index is 2.50. The monoisotopic (exact) mass is 248 g/mol. The number of rotatable bonds is 2. The van der Waals surface area contributed by atoms with Crippen molar-refractivity contribution in [1.82, 2.24) is 9.55 Å². The third-order valence-electron chi connectivity index (χ3n) is 2.78. The molecule has 0 saturated carbocycles. The Morgan fingerprint density at radius 1 is 1.35 bits per heavy atom. The third kappa shape index (κ3) is 2.27. The molecule has 1 heterocycles. The van der Waals surface area contributed by atoms with Crippen molar-refractivity contribution in [3.05, 3.63) is 17.2 Å². The van der Waals surface area contributed by atoms with Crippen LogP contribution in [-0.2, 0) is 30.4 Å². The number of carboxylic acid groups (broad SMARTS) is 1. The van der Waals surface area contributed by atoms with E-state index in [1.165, 1.54) is 0 Å². The van der Waals surface area contributed by atoms with Crippen LogP contribution in [0.1, 0.15) is 30.1 Å². The summed E-state index contributed by atoms with van der Waals surface area (Å²) in [6.07, 6.45) is -2.08. The van der Waals surface area contributed by atoms with Crippen LogP contribution in [0, 0.1) is 0 Å². The summed E-state index contributed by atoms with van der Waals surface area (Å²) in [7, 11) is 0. The molecule has 1 aromatic heterocycles. The number of imidazole rings is 1. The summed E-state index contributed by atoms with van der Waals surface area (Å²) in [4.78, 5) is 14.2. The van der Waals surface area contributed by atoms with Crippen LogP contribution in [0.2, 0.25) is 0 Å². The fraction of sp³-hybridized carbons (Fsp3) is 0.600. The van der Waals surface area contributed by atoms with Crippen LogP contribution >= 0.6 is 0 Å². The Labute approximate surface area is 95.1 Å². The lowest BCUT2D eigenvalue weighted by atomic mass is 10.0. The van der Waals surface area contributed by atoms with Gasteiger partial charge in [0, 0.05) is 5.69 Å². The van der Waals surface area contributed by atoms with Crippen LogP contribution in [0.5, 0.6) is 0 Å². The largest absolute Gasteiger partial charge is 0.480 e. The maximum atomic E-state index is 12.7. The zero-order valence-electron chi connectivity index (χ0n) is 8.92. The highest BCUT2D eigenvalue weighted by atomic mass is 19.4. The Hall–Kier alpha value is -1.53. The number of aromatic nitrogens is 2. The molecule has 4 nitrogen and oxygen atoms in total. The van der Waals surface area contributed by atoms with E-state index in [0.717, 1.165) is 17.4 Å². The van der Waals surface area contributed by atoms with Crippen LogP contribution in [0.3, 0.4) is 0 Å². The molecule has 0 unspecified atom stereocenters. The molecule has 2 rings (SSSR count). The first-order chi connectivity index (χ1) is 7.89. The molecule has 1 aromatic rings. The molecule has 1 N–H and O–H groups in total. The summed E-state index contributed by atoms with van der Waals surface area (Å²) in [6, 6.07) is 0. The summed E-state index contributed by atoms with van der Waals surface area (Å²) >= 11 is 0. The first-order valence-electron chi connectivity index (χ1n) is 5.27. The highest BCUT2D eigenvalue weighted by molar-refractivity contribution is 5.66. The summed E-state index contributed by atoms with van der Waals surface area (Å²) in [6.45, 7) is -0.683. The normalized spacial score (nSPS) is 15.7. The van der Waals surface area contributed by atoms with Gasteiger partial charge in [-0.2, -0.15) is 13.2 Å². The second-order valence-corrected chi connectivity index (χ2v) is 4.01. The van der Waals surface area contributed by atoms with E-state index in [9.17, 15) is 18.0 Å². The van der Waals surface area contributed by atoms with Crippen molar-refractivity contribution in [3.8, 4) is 0 Å². The molecule has 0 bridgehead atoms. The third-order valence-corrected chi connectivity index (χ3v) is 2.78. The minimum atomic E-state index is -4.60. The van der Waals surface area contributed by atoms with Crippen LogP contribution in [-0.4, -0.2) is 20.6 Å². The average molecular weight is 248 g/mol. The second kappa shape index (κ2) is 4.05. The molecule has 0 aromatic carbocycles. The van der Waals surface area contributed by atoms with Gasteiger partial charge in [-0.15, -0.1) is 0 Å². The molecule has 0 radical (unpaired) electrons. The van der Waals surface area contributed by atoms with Crippen molar-refractivity contribution in [1.29, 1.82) is 0 Å². The lowest BCUT2D eigenvalue weighted by molar-refractivity contribution is -0.149. The summed E-state index contributed by atoms with van der Waals surface area (Å²) < 4.78 is 38.9. The number of carbonyl (C=O) groups is 1. The first kappa shape index (κ1) is 11.9. The van der Waals surface area contributed by atoms with Crippen molar-refractivity contribution in [3.63, 3.8) is 0 Å². The molecule has 0 atom stereocenters. The number of alkyl halides is 3. The van der Waals surface area contributed by atoms with Gasteiger partial charge in [-0.3, -0.25) is 4.79 Å². The zero-order valence-corrected chi connectivity index (χ0v) is 8.92. The topological polar surface area (TPSA) is 55.1 Å². The van der Waals surface area contributed by atoms with Gasteiger partial charge in [0.15, 0.2) is 0 Å². The molecule has 0 saturated heterocycles. The highest BCUT2D eigenvalue weighted by Gasteiger charge is 2.39. The maximum Gasteiger partial charge on any atom is 0.449 e. The Bertz CT molecular complexity index is 451. The van der Waals surface area contributed by atoms with Gasteiger partial charge in [-0.05, 0) is 25.7 Å². The van der Waals surface area contributed by atoms with E-state index in [4.69, 9.17) is 5.11 Å². The van der Waals surface area contributed by atoms with Crippen LogP contribution < -0.4 is 0 Å². The quantitative estimate of drug-likeness (QED) is 0.869. The molecule has 17 heavy (non-hydrogen) atoms. The number of fused-ring (bicyclic) bond motifs is 1. The van der Waals surface area contributed by atoms with E-state index < -0.39 is 24.5 Å². The van der Waals surface area contributed by atoms with E-state index in [0.29, 0.717) is 24.2 Å². The minimum absolute atomic E-state index is 0.393. The number of aryl methyl sites for hydroxylation is 1. The molecule has 0 fully saturated rings. The molecule has 0 amide bonds. The predicted octanol–water partition coefficient (Wildman–Crippen LogP) is 1.87. The van der Waals surface area contributed by atoms with Crippen molar-refractivity contribution in [2.24, 2.45) is 0 Å². The first-order valence-corrected chi connectivity index (χ1v) is 5.27. The summed E-state index contributed by atoms with van der Waals surface area (Å²) in [5.41, 5.74) is 0.816. The van der Waals surface area contributed by atoms with E-state index >= 15 is 0 Å². The van der Waals surface area contributed by atoms with E-state index in [1.807, 2.05) is 0 Å². The standard InChI is InChI=1S/C10H11F3N2O2/c11-10(12,13)9-14-6-3-1-2-4-7(6)15(9)5-8(16)17/h1-5H2,(H,16,17). The zero-order chi connectivity index (χ0) is 12.6. The maximum absolute atomic E-state index is 12.7. The molecule has 0 spiro atoms. The van der Waals surface area contributed by atoms with Crippen LogP contribution in [0.25, 0.3) is 0 Å². The smallest absolute Gasteiger partial charge is 0.449 e. The number of hydrogen-bond donors (Lipinski definition) is 1. The van der Waals surface area contributed by atoms with E-state index in [1.54, 1.807) is 0 Å². The van der Waals surface area contributed by atoms with E-state index in [-0.39, 0.29) is 0 Å². The summed E-state index contributed by atoms with van der Waals surface area (Å²) in [5.74, 6) is -2.38. The van der Waals surface area contributed by atoms with Gasteiger partial charge < -0.3 is 9.67 Å². The lowest BCUT2D eigenvalue weighted by Gasteiger charge is -2.14. The number of aliphatic carboxylic acids is 1. The van der Waals surface area contributed by atoms with Gasteiger partial charge in [-0.25, -0.2) is 4.98 Å². The van der Waals surface area contributed by atoms with Gasteiger partial charge in [0.1, 0.15) is 6.54 Å². The second-order valence-electron chi connectivity index (χ2n) is 4.01. The Morgan fingerprint density at radius 3 is 2.59 bits per heavy atom. The molecule has 94 valence electrons. The van der Waals surface area contributed by atoms with Gasteiger partial charge in [0.05, 0.1) is 5.69 Å². The molecule has 7 heteroatoms. The van der Waals surface area contributed by atoms with Gasteiger partial charge in [0.25, 0.3) is 0 Å². The van der Waals surface area contributed by atoms with Gasteiger partial charge >= 0.3 is 12.1 Å². The lowest BCUT2D eigenvalue weighted by Crippen LogP contribution is -2.20. The minimum Gasteiger partial charge on any atom is -0.480 e. The Kier molecular flexibility index (Phi) is 2.84. The number of halogens is 3. The fourth-order valence-corrected chi connectivity index (χ4v) is 2.12. The van der Waals surface area contributed by atoms with Crippen molar-refractivity contribution in [2.45, 2.75) is 38.4 Å². The van der Waals surface area contributed by atoms with Crippen LogP contribution in [0.4, 0.5) is 13.2 Å². The Morgan fingerprint density at radius 2 is 2.00 bits per heavy atom. The van der Waals surface area contributed by atoms with Crippen molar-refractivity contribution >= 4 is 5.97 Å². The molecular formula is C10H11F3N2O2. The number of hydrogen-bond acceptors (Lipinski definition) is 2. The molecule has 0 aliphatic heterocycles. The molecular weight excluding hydrogens is 237 g/mol. The molecule has 1 aliphatic rings. The number of carboxylic acids is 1.